The predicted molar refractivity (Wildman–Crippen MR) is 91.9 cm³/mol. The molecule has 0 aliphatic rings. The Morgan fingerprint density at radius 1 is 1.04 bits per heavy atom. The Morgan fingerprint density at radius 3 is 2.57 bits per heavy atom. The standard InChI is InChI=1S/C20H23NO2/c1-16-7-5-11-20(13-16)23-12-4-3-8-18(15-21)17-9-6-10-19(14-17)22-2/h5-7,9-11,13-14,18H,3-4,8,12H2,1-2H3. The van der Waals surface area contributed by atoms with Crippen LogP contribution in [0.15, 0.2) is 48.5 Å². The van der Waals surface area contributed by atoms with Crippen molar-refractivity contribution in [1.29, 1.82) is 5.26 Å². The van der Waals surface area contributed by atoms with E-state index >= 15 is 0 Å². The van der Waals surface area contributed by atoms with E-state index in [1.807, 2.05) is 42.5 Å². The molecule has 0 N–H and O–H groups in total. The van der Waals surface area contributed by atoms with Crippen molar-refractivity contribution >= 4 is 0 Å². The molecule has 2 aromatic carbocycles. The van der Waals surface area contributed by atoms with Crippen molar-refractivity contribution in [3.63, 3.8) is 0 Å². The monoisotopic (exact) mass is 309 g/mol. The molecule has 120 valence electrons. The minimum atomic E-state index is -0.0935. The van der Waals surface area contributed by atoms with Crippen molar-refractivity contribution in [2.75, 3.05) is 13.7 Å². The Hall–Kier alpha value is -2.47. The van der Waals surface area contributed by atoms with E-state index in [4.69, 9.17) is 9.47 Å². The van der Waals surface area contributed by atoms with Gasteiger partial charge in [0, 0.05) is 0 Å². The molecular formula is C20H23NO2. The zero-order valence-electron chi connectivity index (χ0n) is 13.8. The van der Waals surface area contributed by atoms with Crippen molar-refractivity contribution in [1.82, 2.24) is 0 Å². The van der Waals surface area contributed by atoms with Gasteiger partial charge in [-0.05, 0) is 61.6 Å². The summed E-state index contributed by atoms with van der Waals surface area (Å²) in [6.07, 6.45) is 2.73. The molecule has 0 aliphatic heterocycles. The first-order valence-corrected chi connectivity index (χ1v) is 7.96. The molecule has 0 saturated heterocycles. The average Bonchev–Trinajstić information content (AvgIpc) is 2.58. The Labute approximate surface area is 138 Å². The number of methoxy groups -OCH3 is 1. The molecule has 3 nitrogen and oxygen atoms in total. The highest BCUT2D eigenvalue weighted by Gasteiger charge is 2.11. The van der Waals surface area contributed by atoms with E-state index in [0.29, 0.717) is 6.61 Å². The summed E-state index contributed by atoms with van der Waals surface area (Å²) in [6.45, 7) is 2.73. The molecule has 0 heterocycles. The lowest BCUT2D eigenvalue weighted by atomic mass is 9.95. The maximum absolute atomic E-state index is 9.39. The number of rotatable bonds is 8. The summed E-state index contributed by atoms with van der Waals surface area (Å²) in [5.74, 6) is 1.62. The van der Waals surface area contributed by atoms with Gasteiger partial charge < -0.3 is 9.47 Å². The van der Waals surface area contributed by atoms with E-state index in [2.05, 4.69) is 19.1 Å². The highest BCUT2D eigenvalue weighted by molar-refractivity contribution is 5.33. The van der Waals surface area contributed by atoms with E-state index < -0.39 is 0 Å². The van der Waals surface area contributed by atoms with Crippen molar-refractivity contribution in [3.05, 3.63) is 59.7 Å². The SMILES string of the molecule is COc1cccc(C(C#N)CCCCOc2cccc(C)c2)c1. The van der Waals surface area contributed by atoms with E-state index in [0.717, 1.165) is 36.3 Å². The van der Waals surface area contributed by atoms with Gasteiger partial charge >= 0.3 is 0 Å². The fourth-order valence-corrected chi connectivity index (χ4v) is 2.51. The molecule has 0 aliphatic carbocycles. The number of unbranched alkanes of at least 4 members (excludes halogenated alkanes) is 1. The van der Waals surface area contributed by atoms with E-state index in [-0.39, 0.29) is 5.92 Å². The highest BCUT2D eigenvalue weighted by atomic mass is 16.5. The predicted octanol–water partition coefficient (Wildman–Crippen LogP) is 4.86. The number of hydrogen-bond donors (Lipinski definition) is 0. The van der Waals surface area contributed by atoms with Crippen LogP contribution in [0.5, 0.6) is 11.5 Å². The van der Waals surface area contributed by atoms with Gasteiger partial charge in [0.2, 0.25) is 0 Å². The summed E-state index contributed by atoms with van der Waals surface area (Å²) < 4.78 is 11.0. The van der Waals surface area contributed by atoms with Crippen LogP contribution >= 0.6 is 0 Å². The summed E-state index contributed by atoms with van der Waals surface area (Å²) in [5, 5.41) is 9.39. The lowest BCUT2D eigenvalue weighted by Crippen LogP contribution is -2.01. The van der Waals surface area contributed by atoms with Crippen LogP contribution in [-0.4, -0.2) is 13.7 Å². The van der Waals surface area contributed by atoms with Crippen LogP contribution in [0.1, 0.15) is 36.3 Å². The van der Waals surface area contributed by atoms with Crippen LogP contribution in [0.4, 0.5) is 0 Å². The number of ether oxygens (including phenoxy) is 2. The molecule has 2 aromatic rings. The van der Waals surface area contributed by atoms with Gasteiger partial charge in [0.25, 0.3) is 0 Å². The molecule has 2 rings (SSSR count). The smallest absolute Gasteiger partial charge is 0.119 e. The lowest BCUT2D eigenvalue weighted by Gasteiger charge is -2.11. The molecule has 0 bridgehead atoms. The first-order chi connectivity index (χ1) is 11.2. The first-order valence-electron chi connectivity index (χ1n) is 7.96. The summed E-state index contributed by atoms with van der Waals surface area (Å²) in [7, 11) is 1.64. The van der Waals surface area contributed by atoms with Crippen LogP contribution in [0.25, 0.3) is 0 Å². The van der Waals surface area contributed by atoms with Crippen LogP contribution in [0, 0.1) is 18.3 Å². The quantitative estimate of drug-likeness (QED) is 0.654. The molecule has 0 spiro atoms. The van der Waals surface area contributed by atoms with Gasteiger partial charge in [-0.15, -0.1) is 0 Å². The Kier molecular flexibility index (Phi) is 6.50. The van der Waals surface area contributed by atoms with Crippen LogP contribution < -0.4 is 9.47 Å². The molecule has 0 fully saturated rings. The second-order valence-corrected chi connectivity index (χ2v) is 5.62. The number of nitriles is 1. The van der Waals surface area contributed by atoms with Crippen molar-refractivity contribution in [2.24, 2.45) is 0 Å². The number of hydrogen-bond acceptors (Lipinski definition) is 3. The average molecular weight is 309 g/mol. The maximum Gasteiger partial charge on any atom is 0.119 e. The third-order valence-corrected chi connectivity index (χ3v) is 3.80. The Morgan fingerprint density at radius 2 is 1.83 bits per heavy atom. The van der Waals surface area contributed by atoms with Gasteiger partial charge in [0.1, 0.15) is 11.5 Å². The van der Waals surface area contributed by atoms with Crippen LogP contribution in [0.3, 0.4) is 0 Å². The van der Waals surface area contributed by atoms with Crippen LogP contribution in [-0.2, 0) is 0 Å². The summed E-state index contributed by atoms with van der Waals surface area (Å²) in [6, 6.07) is 18.2. The highest BCUT2D eigenvalue weighted by Crippen LogP contribution is 2.25. The zero-order valence-corrected chi connectivity index (χ0v) is 13.8. The van der Waals surface area contributed by atoms with Gasteiger partial charge in [-0.1, -0.05) is 24.3 Å². The topological polar surface area (TPSA) is 42.2 Å². The summed E-state index contributed by atoms with van der Waals surface area (Å²) >= 11 is 0. The lowest BCUT2D eigenvalue weighted by molar-refractivity contribution is 0.304. The van der Waals surface area contributed by atoms with Gasteiger partial charge in [-0.25, -0.2) is 0 Å². The molecular weight excluding hydrogens is 286 g/mol. The van der Waals surface area contributed by atoms with Gasteiger partial charge in [0.05, 0.1) is 25.7 Å². The van der Waals surface area contributed by atoms with E-state index in [1.165, 1.54) is 5.56 Å². The van der Waals surface area contributed by atoms with Gasteiger partial charge in [-0.3, -0.25) is 0 Å². The van der Waals surface area contributed by atoms with Crippen LogP contribution in [0.2, 0.25) is 0 Å². The molecule has 0 amide bonds. The molecule has 1 unspecified atom stereocenters. The molecule has 1 atom stereocenters. The van der Waals surface area contributed by atoms with Crippen molar-refractivity contribution < 1.29 is 9.47 Å². The Bertz CT molecular complexity index is 661. The minimum absolute atomic E-state index is 0.0935. The number of nitrogens with zero attached hydrogens (tertiary/aromatic N) is 1. The molecule has 3 heteroatoms. The third-order valence-electron chi connectivity index (χ3n) is 3.80. The molecule has 0 radical (unpaired) electrons. The van der Waals surface area contributed by atoms with Crippen molar-refractivity contribution in [3.8, 4) is 17.6 Å². The molecule has 23 heavy (non-hydrogen) atoms. The normalized spacial score (nSPS) is 11.5. The summed E-state index contributed by atoms with van der Waals surface area (Å²) in [4.78, 5) is 0. The summed E-state index contributed by atoms with van der Waals surface area (Å²) in [5.41, 5.74) is 2.22. The van der Waals surface area contributed by atoms with Gasteiger partial charge in [0.15, 0.2) is 0 Å². The second kappa shape index (κ2) is 8.85. The zero-order chi connectivity index (χ0) is 16.5. The fourth-order valence-electron chi connectivity index (χ4n) is 2.51. The number of aryl methyl sites for hydroxylation is 1. The maximum atomic E-state index is 9.39. The third kappa shape index (κ3) is 5.34. The largest absolute Gasteiger partial charge is 0.497 e. The Balaban J connectivity index is 1.76. The van der Waals surface area contributed by atoms with Gasteiger partial charge in [-0.2, -0.15) is 5.26 Å². The fraction of sp³-hybridized carbons (Fsp3) is 0.350. The van der Waals surface area contributed by atoms with E-state index in [9.17, 15) is 5.26 Å². The molecule has 0 saturated carbocycles. The minimum Gasteiger partial charge on any atom is -0.497 e. The van der Waals surface area contributed by atoms with E-state index in [1.54, 1.807) is 7.11 Å². The first kappa shape index (κ1) is 16.9. The second-order valence-electron chi connectivity index (χ2n) is 5.62. The number of benzene rings is 2. The van der Waals surface area contributed by atoms with Crippen molar-refractivity contribution in [2.45, 2.75) is 32.1 Å². The molecule has 0 aromatic heterocycles.